The Morgan fingerprint density at radius 1 is 0.667 bits per heavy atom. The zero-order valence-electron chi connectivity index (χ0n) is 23.7. The van der Waals surface area contributed by atoms with E-state index in [0.717, 1.165) is 25.3 Å². The number of aryl methyl sites for hydroxylation is 2. The highest BCUT2D eigenvalue weighted by Gasteiger charge is 2.27. The summed E-state index contributed by atoms with van der Waals surface area (Å²) < 4.78 is 53.0. The number of aromatic nitrogens is 4. The van der Waals surface area contributed by atoms with Crippen molar-refractivity contribution < 1.29 is 36.9 Å². The fraction of sp³-hybridized carbons (Fsp3) is 0.0714. The molecule has 0 radical (unpaired) electrons. The number of pyridine rings is 2. The van der Waals surface area contributed by atoms with Crippen LogP contribution in [0, 0.1) is 13.8 Å². The number of hydrogen-bond donors (Lipinski definition) is 4. The summed E-state index contributed by atoms with van der Waals surface area (Å²) in [4.78, 5) is 8.27. The molecule has 2 aromatic carbocycles. The smallest absolute Gasteiger partial charge is 0.423 e. The summed E-state index contributed by atoms with van der Waals surface area (Å²) in [5.74, 6) is 0. The van der Waals surface area contributed by atoms with Crippen LogP contribution in [-0.4, -0.2) is 69.1 Å². The topological polar surface area (TPSA) is 185 Å². The molecule has 6 aromatic rings. The number of benzene rings is 2. The minimum absolute atomic E-state index is 0.0192. The van der Waals surface area contributed by atoms with Crippen LogP contribution in [0.1, 0.15) is 11.1 Å². The van der Waals surface area contributed by atoms with E-state index in [4.69, 9.17) is 11.6 Å². The molecule has 4 aromatic heterocycles. The van der Waals surface area contributed by atoms with E-state index in [0.29, 0.717) is 5.39 Å². The molecule has 230 valence electrons. The third kappa shape index (κ3) is 6.26. The molecule has 4 N–H and O–H groups in total. The maximum Gasteiger partial charge on any atom is 0.490 e. The number of rotatable bonds is 6. The van der Waals surface area contributed by atoms with E-state index in [1.54, 1.807) is 36.4 Å². The summed E-state index contributed by atoms with van der Waals surface area (Å²) in [7, 11) is -11.4. The molecule has 0 unspecified atom stereocenters. The van der Waals surface area contributed by atoms with Gasteiger partial charge in [0.2, 0.25) is 0 Å². The minimum Gasteiger partial charge on any atom is -0.423 e. The van der Waals surface area contributed by atoms with Crippen LogP contribution in [0.3, 0.4) is 0 Å². The quantitative estimate of drug-likeness (QED) is 0.188. The van der Waals surface area contributed by atoms with E-state index in [-0.39, 0.29) is 42.4 Å². The molecular formula is C28H25B2ClN4O8S2. The molecule has 45 heavy (non-hydrogen) atoms. The molecule has 0 aliphatic heterocycles. The van der Waals surface area contributed by atoms with Crippen LogP contribution in [0.25, 0.3) is 22.1 Å². The number of nitrogens with zero attached hydrogens (tertiary/aromatic N) is 4. The number of hydrogen-bond acceptors (Lipinski definition) is 10. The lowest BCUT2D eigenvalue weighted by Crippen LogP contribution is -2.29. The molecule has 4 heterocycles. The lowest BCUT2D eigenvalue weighted by Gasteiger charge is -2.07. The van der Waals surface area contributed by atoms with Crippen molar-refractivity contribution in [3.8, 4) is 0 Å². The standard InChI is InChI=1S/C14H12BClN2O4S.C14H13BN2O4S/c1-9-2-4-11(5-3-9)23(21,22)18-8-13(15(19)20)12-6-10(16)7-17-14(12)18;1-10-4-6-11(7-5-10)22(20,21)17-9-13(15(18)19)12-3-2-8-16-14(12)17/h2-8,19-20H,1H3;2-9,18-19H,1H3. The van der Waals surface area contributed by atoms with Crippen molar-refractivity contribution in [2.75, 3.05) is 0 Å². The average molecular weight is 667 g/mol. The second kappa shape index (κ2) is 12.4. The Morgan fingerprint density at radius 3 is 1.58 bits per heavy atom. The summed E-state index contributed by atoms with van der Waals surface area (Å²) in [5, 5.41) is 38.7. The molecule has 0 aliphatic carbocycles. The van der Waals surface area contributed by atoms with Gasteiger partial charge >= 0.3 is 14.2 Å². The molecule has 0 aliphatic rings. The van der Waals surface area contributed by atoms with E-state index >= 15 is 0 Å². The van der Waals surface area contributed by atoms with Gasteiger partial charge in [0, 0.05) is 46.5 Å². The first-order valence-electron chi connectivity index (χ1n) is 13.2. The van der Waals surface area contributed by atoms with Crippen molar-refractivity contribution >= 4 is 78.9 Å². The molecular weight excluding hydrogens is 642 g/mol. The number of fused-ring (bicyclic) bond motifs is 2. The average Bonchev–Trinajstić information content (AvgIpc) is 3.58. The van der Waals surface area contributed by atoms with Crippen molar-refractivity contribution in [1.82, 2.24) is 17.9 Å². The second-order valence-electron chi connectivity index (χ2n) is 10.0. The van der Waals surface area contributed by atoms with Gasteiger partial charge in [-0.05, 0) is 56.3 Å². The van der Waals surface area contributed by atoms with Gasteiger partial charge in [-0.2, -0.15) is 0 Å². The first-order chi connectivity index (χ1) is 21.2. The summed E-state index contributed by atoms with van der Waals surface area (Å²) >= 11 is 5.87. The van der Waals surface area contributed by atoms with E-state index in [2.05, 4.69) is 9.97 Å². The van der Waals surface area contributed by atoms with Crippen LogP contribution in [-0.2, 0) is 20.0 Å². The normalized spacial score (nSPS) is 11.8. The number of halogens is 1. The van der Waals surface area contributed by atoms with Gasteiger partial charge in [-0.1, -0.05) is 47.0 Å². The summed E-state index contributed by atoms with van der Waals surface area (Å²) in [6.07, 6.45) is 5.10. The maximum atomic E-state index is 12.8. The molecule has 0 spiro atoms. The van der Waals surface area contributed by atoms with Gasteiger partial charge in [-0.15, -0.1) is 0 Å². The Kier molecular flexibility index (Phi) is 8.92. The Labute approximate surface area is 264 Å². The molecule has 0 atom stereocenters. The first kappa shape index (κ1) is 32.4. The Balaban J connectivity index is 0.000000178. The second-order valence-corrected chi connectivity index (χ2v) is 14.1. The van der Waals surface area contributed by atoms with Crippen molar-refractivity contribution in [2.45, 2.75) is 23.6 Å². The van der Waals surface area contributed by atoms with E-state index in [1.165, 1.54) is 48.9 Å². The molecule has 0 amide bonds. The fourth-order valence-corrected chi connectivity index (χ4v) is 7.38. The summed E-state index contributed by atoms with van der Waals surface area (Å²) in [6, 6.07) is 17.4. The SMILES string of the molecule is Cc1ccc(S(=O)(=O)n2cc(B(O)O)c3cc(Cl)cnc32)cc1.Cc1ccc(S(=O)(=O)n2cc(B(O)O)c3cccnc32)cc1. The predicted octanol–water partition coefficient (Wildman–Crippen LogP) is 1.18. The molecule has 6 rings (SSSR count). The van der Waals surface area contributed by atoms with Crippen molar-refractivity contribution in [2.24, 2.45) is 0 Å². The van der Waals surface area contributed by atoms with Gasteiger partial charge in [-0.25, -0.2) is 34.7 Å². The van der Waals surface area contributed by atoms with Crippen LogP contribution in [0.4, 0.5) is 0 Å². The van der Waals surface area contributed by atoms with Crippen LogP contribution < -0.4 is 10.9 Å². The Bertz CT molecular complexity index is 2240. The van der Waals surface area contributed by atoms with Gasteiger partial charge in [0.1, 0.15) is 0 Å². The van der Waals surface area contributed by atoms with Gasteiger partial charge in [0.15, 0.2) is 11.3 Å². The van der Waals surface area contributed by atoms with Crippen LogP contribution in [0.2, 0.25) is 5.02 Å². The van der Waals surface area contributed by atoms with Gasteiger partial charge in [0.05, 0.1) is 14.8 Å². The van der Waals surface area contributed by atoms with Crippen molar-refractivity contribution in [3.05, 3.63) is 108 Å². The summed E-state index contributed by atoms with van der Waals surface area (Å²) in [6.45, 7) is 3.72. The van der Waals surface area contributed by atoms with Gasteiger partial charge in [-0.3, -0.25) is 0 Å². The predicted molar refractivity (Wildman–Crippen MR) is 172 cm³/mol. The highest BCUT2D eigenvalue weighted by molar-refractivity contribution is 7.90. The van der Waals surface area contributed by atoms with E-state index < -0.39 is 34.3 Å². The maximum absolute atomic E-state index is 12.8. The lowest BCUT2D eigenvalue weighted by atomic mass is 9.80. The van der Waals surface area contributed by atoms with Crippen LogP contribution in [0.15, 0.2) is 101 Å². The third-order valence-electron chi connectivity index (χ3n) is 6.88. The van der Waals surface area contributed by atoms with Crippen molar-refractivity contribution in [1.29, 1.82) is 0 Å². The Morgan fingerprint density at radius 2 is 1.11 bits per heavy atom. The van der Waals surface area contributed by atoms with E-state index in [9.17, 15) is 36.9 Å². The zero-order valence-corrected chi connectivity index (χ0v) is 26.1. The molecule has 0 fully saturated rings. The molecule has 0 saturated heterocycles. The lowest BCUT2D eigenvalue weighted by molar-refractivity contribution is 0.425. The van der Waals surface area contributed by atoms with Crippen molar-refractivity contribution in [3.63, 3.8) is 0 Å². The zero-order chi connectivity index (χ0) is 32.7. The van der Waals surface area contributed by atoms with Gasteiger partial charge < -0.3 is 20.1 Å². The third-order valence-corrected chi connectivity index (χ3v) is 10.4. The fourth-order valence-electron chi connectivity index (χ4n) is 4.56. The highest BCUT2D eigenvalue weighted by Crippen LogP contribution is 2.23. The summed E-state index contributed by atoms with van der Waals surface area (Å²) in [5.41, 5.74) is 2.23. The Hall–Kier alpha value is -4.02. The highest BCUT2D eigenvalue weighted by atomic mass is 35.5. The molecule has 17 heteroatoms. The molecule has 0 bridgehead atoms. The van der Waals surface area contributed by atoms with Gasteiger partial charge in [0.25, 0.3) is 20.0 Å². The van der Waals surface area contributed by atoms with Crippen LogP contribution >= 0.6 is 11.6 Å². The monoisotopic (exact) mass is 666 g/mol. The largest absolute Gasteiger partial charge is 0.490 e. The van der Waals surface area contributed by atoms with E-state index in [1.807, 2.05) is 13.8 Å². The minimum atomic E-state index is -3.92. The van der Waals surface area contributed by atoms with Crippen LogP contribution in [0.5, 0.6) is 0 Å². The first-order valence-corrected chi connectivity index (χ1v) is 16.5. The molecule has 12 nitrogen and oxygen atoms in total. The molecule has 0 saturated carbocycles.